The van der Waals surface area contributed by atoms with Gasteiger partial charge >= 0.3 is 5.97 Å². The predicted molar refractivity (Wildman–Crippen MR) is 137 cm³/mol. The molecule has 3 aliphatic heterocycles. The van der Waals surface area contributed by atoms with Gasteiger partial charge in [0, 0.05) is 49.1 Å². The van der Waals surface area contributed by atoms with Crippen molar-refractivity contribution in [2.24, 2.45) is 28.9 Å². The molecule has 0 aromatic heterocycles. The van der Waals surface area contributed by atoms with Gasteiger partial charge in [-0.2, -0.15) is 0 Å². The molecule has 194 valence electrons. The van der Waals surface area contributed by atoms with Crippen LogP contribution in [0, 0.1) is 23.2 Å². The Balaban J connectivity index is 1.29. The first-order valence-electron chi connectivity index (χ1n) is 13.3. The van der Waals surface area contributed by atoms with Gasteiger partial charge in [0.25, 0.3) is 0 Å². The number of nitrogens with zero attached hydrogens (tertiary/aromatic N) is 3. The van der Waals surface area contributed by atoms with Crippen molar-refractivity contribution in [2.45, 2.75) is 63.6 Å². The molecule has 1 aromatic carbocycles. The van der Waals surface area contributed by atoms with Crippen LogP contribution in [0.15, 0.2) is 22.7 Å². The molecule has 3 N–H and O–H groups in total. The maximum Gasteiger partial charge on any atom is 0.330 e. The molecule has 1 amide bonds. The van der Waals surface area contributed by atoms with Crippen LogP contribution in [0.25, 0.3) is 0 Å². The summed E-state index contributed by atoms with van der Waals surface area (Å²) < 4.78 is 0.831. The SMILES string of the molecule is NC(=O)c1ccc(Br)cc1CC1N2CCN(CC2)N1C(C(=O)O)C(=O)CC12CC3CC(CC(C3)C1)C2. The summed E-state index contributed by atoms with van der Waals surface area (Å²) in [5, 5.41) is 14.3. The number of carbonyl (C=O) groups is 3. The predicted octanol–water partition coefficient (Wildman–Crippen LogP) is 2.89. The Morgan fingerprint density at radius 3 is 2.19 bits per heavy atom. The van der Waals surface area contributed by atoms with Crippen LogP contribution in [0.3, 0.4) is 0 Å². The van der Waals surface area contributed by atoms with Crippen LogP contribution in [0.2, 0.25) is 0 Å². The minimum atomic E-state index is -1.21. The van der Waals surface area contributed by atoms with Gasteiger partial charge in [-0.25, -0.2) is 14.8 Å². The van der Waals surface area contributed by atoms with E-state index in [1.54, 1.807) is 12.1 Å². The Morgan fingerprint density at radius 2 is 1.64 bits per heavy atom. The number of carbonyl (C=O) groups excluding carboxylic acids is 2. The molecular formula is C27H35BrN4O4. The van der Waals surface area contributed by atoms with Gasteiger partial charge in [0.2, 0.25) is 5.91 Å². The molecule has 2 atom stereocenters. The van der Waals surface area contributed by atoms with E-state index in [9.17, 15) is 19.5 Å². The number of hydrazine groups is 1. The Bertz CT molecular complexity index is 1050. The molecule has 4 aliphatic carbocycles. The van der Waals surface area contributed by atoms with Gasteiger partial charge in [-0.05, 0) is 85.5 Å². The van der Waals surface area contributed by atoms with Gasteiger partial charge in [0.15, 0.2) is 11.8 Å². The molecule has 0 spiro atoms. The van der Waals surface area contributed by atoms with E-state index in [1.165, 1.54) is 19.3 Å². The minimum absolute atomic E-state index is 0.0110. The van der Waals surface area contributed by atoms with Crippen LogP contribution in [0.1, 0.15) is 60.9 Å². The second-order valence-electron chi connectivity index (χ2n) is 12.0. The summed E-state index contributed by atoms with van der Waals surface area (Å²) in [5.41, 5.74) is 6.85. The van der Waals surface area contributed by atoms with Crippen LogP contribution in [0.4, 0.5) is 0 Å². The fourth-order valence-corrected chi connectivity index (χ4v) is 9.10. The number of benzene rings is 1. The maximum atomic E-state index is 13.9. The molecule has 1 aromatic rings. The monoisotopic (exact) mass is 558 g/mol. The average molecular weight is 560 g/mol. The molecule has 4 saturated carbocycles. The van der Waals surface area contributed by atoms with Gasteiger partial charge in [-0.1, -0.05) is 15.9 Å². The molecule has 3 saturated heterocycles. The van der Waals surface area contributed by atoms with Crippen LogP contribution < -0.4 is 5.73 Å². The molecule has 2 unspecified atom stereocenters. The number of aliphatic carboxylic acids is 1. The van der Waals surface area contributed by atoms with Crippen molar-refractivity contribution in [2.75, 3.05) is 26.2 Å². The summed E-state index contributed by atoms with van der Waals surface area (Å²) in [4.78, 5) is 41.1. The number of fused-ring (bicyclic) bond motifs is 3. The third-order valence-corrected chi connectivity index (χ3v) is 10.1. The lowest BCUT2D eigenvalue weighted by Crippen LogP contribution is -2.74. The molecule has 8 nitrogen and oxygen atoms in total. The van der Waals surface area contributed by atoms with E-state index in [-0.39, 0.29) is 17.4 Å². The molecule has 7 aliphatic rings. The number of ketones is 1. The van der Waals surface area contributed by atoms with E-state index in [0.717, 1.165) is 42.4 Å². The standard InChI is InChI=1S/C27H35BrN4O4/c28-20-1-2-21(25(29)34)19(10-20)11-23-30-3-5-31(6-4-30)32(23)24(26(35)36)22(33)15-27-12-16-7-17(13-27)9-18(8-16)14-27/h1-2,10,16-18,23-24H,3-9,11-15H2,(H2,29,34)(H,35,36). The second kappa shape index (κ2) is 9.19. The lowest BCUT2D eigenvalue weighted by molar-refractivity contribution is -0.219. The van der Waals surface area contributed by atoms with Crippen LogP contribution in [0.5, 0.6) is 0 Å². The fourth-order valence-electron chi connectivity index (χ4n) is 8.69. The van der Waals surface area contributed by atoms with Gasteiger partial charge in [0.05, 0.1) is 6.17 Å². The number of carboxylic acid groups (broad SMARTS) is 1. The van der Waals surface area contributed by atoms with Gasteiger partial charge in [-0.15, -0.1) is 0 Å². The van der Waals surface area contributed by atoms with Crippen molar-refractivity contribution in [1.82, 2.24) is 14.9 Å². The zero-order chi connectivity index (χ0) is 25.2. The Hall–Kier alpha value is -1.81. The highest BCUT2D eigenvalue weighted by Crippen LogP contribution is 2.61. The number of carboxylic acids is 1. The summed E-state index contributed by atoms with van der Waals surface area (Å²) in [6.07, 6.45) is 7.59. The van der Waals surface area contributed by atoms with Gasteiger partial charge in [-0.3, -0.25) is 14.5 Å². The largest absolute Gasteiger partial charge is 0.480 e. The number of halogens is 1. The molecule has 8 rings (SSSR count). The first kappa shape index (κ1) is 24.5. The van der Waals surface area contributed by atoms with Crippen molar-refractivity contribution in [3.63, 3.8) is 0 Å². The minimum Gasteiger partial charge on any atom is -0.480 e. The van der Waals surface area contributed by atoms with E-state index >= 15 is 0 Å². The Labute approximate surface area is 220 Å². The fraction of sp³-hybridized carbons (Fsp3) is 0.667. The van der Waals surface area contributed by atoms with Crippen molar-refractivity contribution in [3.8, 4) is 0 Å². The first-order valence-corrected chi connectivity index (χ1v) is 14.1. The highest BCUT2D eigenvalue weighted by molar-refractivity contribution is 9.10. The van der Waals surface area contributed by atoms with Crippen molar-refractivity contribution < 1.29 is 19.5 Å². The van der Waals surface area contributed by atoms with Crippen molar-refractivity contribution in [1.29, 1.82) is 0 Å². The molecule has 6 bridgehead atoms. The van der Waals surface area contributed by atoms with E-state index in [1.807, 2.05) is 11.1 Å². The third-order valence-electron chi connectivity index (χ3n) is 9.60. The van der Waals surface area contributed by atoms with Crippen LogP contribution in [-0.4, -0.2) is 76.1 Å². The maximum absolute atomic E-state index is 13.9. The highest BCUT2D eigenvalue weighted by Gasteiger charge is 2.54. The number of Topliss-reactive ketones (excluding diaryl/α,β-unsaturated/α-hetero) is 1. The first-order chi connectivity index (χ1) is 17.2. The van der Waals surface area contributed by atoms with Crippen molar-refractivity contribution >= 4 is 33.6 Å². The second-order valence-corrected chi connectivity index (χ2v) is 12.9. The van der Waals surface area contributed by atoms with E-state index < -0.39 is 17.9 Å². The lowest BCUT2D eigenvalue weighted by atomic mass is 9.48. The number of hydrogen-bond donors (Lipinski definition) is 2. The number of primary amides is 1. The van der Waals surface area contributed by atoms with Gasteiger partial charge < -0.3 is 10.8 Å². The zero-order valence-electron chi connectivity index (χ0n) is 20.6. The van der Waals surface area contributed by atoms with Gasteiger partial charge in [0.1, 0.15) is 0 Å². The summed E-state index contributed by atoms with van der Waals surface area (Å²) in [7, 11) is 0. The molecule has 9 heteroatoms. The molecule has 0 radical (unpaired) electrons. The zero-order valence-corrected chi connectivity index (χ0v) is 22.2. The third kappa shape index (κ3) is 4.31. The lowest BCUT2D eigenvalue weighted by Gasteiger charge is -2.58. The number of rotatable bonds is 8. The molecular weight excluding hydrogens is 524 g/mol. The number of piperazine rings is 1. The smallest absolute Gasteiger partial charge is 0.330 e. The topological polar surface area (TPSA) is 107 Å². The molecule has 7 fully saturated rings. The van der Waals surface area contributed by atoms with Crippen LogP contribution >= 0.6 is 15.9 Å². The van der Waals surface area contributed by atoms with E-state index in [2.05, 4.69) is 25.8 Å². The normalized spacial score (nSPS) is 37.7. The Kier molecular flexibility index (Phi) is 6.26. The number of hydrogen-bond acceptors (Lipinski definition) is 6. The molecule has 3 heterocycles. The summed E-state index contributed by atoms with van der Waals surface area (Å²) in [5.74, 6) is 0.396. The average Bonchev–Trinajstić information content (AvgIpc) is 2.79. The van der Waals surface area contributed by atoms with Crippen molar-refractivity contribution in [3.05, 3.63) is 33.8 Å². The number of amides is 1. The number of nitrogens with two attached hydrogens (primary N) is 1. The summed E-state index contributed by atoms with van der Waals surface area (Å²) >= 11 is 3.49. The summed E-state index contributed by atoms with van der Waals surface area (Å²) in [6.45, 7) is 3.01. The van der Waals surface area contributed by atoms with E-state index in [0.29, 0.717) is 49.2 Å². The summed E-state index contributed by atoms with van der Waals surface area (Å²) in [6, 6.07) is 4.16. The van der Waals surface area contributed by atoms with Crippen LogP contribution in [-0.2, 0) is 16.0 Å². The van der Waals surface area contributed by atoms with E-state index in [4.69, 9.17) is 5.73 Å². The molecule has 36 heavy (non-hydrogen) atoms. The highest BCUT2D eigenvalue weighted by atomic mass is 79.9. The Morgan fingerprint density at radius 1 is 1.03 bits per heavy atom. The quantitative estimate of drug-likeness (QED) is 0.472.